The van der Waals surface area contributed by atoms with E-state index in [4.69, 9.17) is 0 Å². The summed E-state index contributed by atoms with van der Waals surface area (Å²) in [5.41, 5.74) is 2.33. The van der Waals surface area contributed by atoms with E-state index in [-0.39, 0.29) is 22.2 Å². The summed E-state index contributed by atoms with van der Waals surface area (Å²) in [7, 11) is -0.557. The predicted octanol–water partition coefficient (Wildman–Crippen LogP) is 2.45. The highest BCUT2D eigenvalue weighted by atomic mass is 32.2. The molecule has 0 aliphatic rings. The number of thiazole rings is 1. The van der Waals surface area contributed by atoms with Crippen molar-refractivity contribution in [2.75, 3.05) is 14.1 Å². The van der Waals surface area contributed by atoms with E-state index in [0.717, 1.165) is 26.8 Å². The van der Waals surface area contributed by atoms with Gasteiger partial charge in [-0.05, 0) is 30.2 Å². The van der Waals surface area contributed by atoms with Crippen molar-refractivity contribution in [3.63, 3.8) is 0 Å². The quantitative estimate of drug-likeness (QED) is 0.605. The van der Waals surface area contributed by atoms with E-state index >= 15 is 0 Å². The lowest BCUT2D eigenvalue weighted by atomic mass is 10.2. The van der Waals surface area contributed by atoms with Crippen molar-refractivity contribution >= 4 is 27.3 Å². The summed E-state index contributed by atoms with van der Waals surface area (Å²) >= 11 is 0.908. The number of nitrogens with one attached hydrogen (secondary N) is 1. The van der Waals surface area contributed by atoms with Gasteiger partial charge in [-0.1, -0.05) is 53.8 Å². The van der Waals surface area contributed by atoms with Crippen LogP contribution in [0.3, 0.4) is 0 Å². The molecule has 3 rings (SSSR count). The second-order valence-corrected chi connectivity index (χ2v) is 10.1. The SMILES string of the molecule is Cc1c(C(=O)NCc2ccccc2)sc(=O)n1Cc1ccc(S(=O)(=O)N(C)C)cc1. The normalized spacial score (nSPS) is 11.6. The Bertz CT molecular complexity index is 1200. The molecule has 30 heavy (non-hydrogen) atoms. The minimum absolute atomic E-state index is 0.187. The molecule has 0 atom stereocenters. The van der Waals surface area contributed by atoms with Gasteiger partial charge in [0.05, 0.1) is 11.4 Å². The van der Waals surface area contributed by atoms with E-state index in [0.29, 0.717) is 17.1 Å². The molecular formula is C21H23N3O4S2. The maximum atomic E-state index is 12.6. The minimum Gasteiger partial charge on any atom is -0.347 e. The molecule has 0 unspecified atom stereocenters. The average molecular weight is 446 g/mol. The fourth-order valence-corrected chi connectivity index (χ4v) is 4.70. The summed E-state index contributed by atoms with van der Waals surface area (Å²) in [5.74, 6) is -0.287. The zero-order valence-corrected chi connectivity index (χ0v) is 18.6. The van der Waals surface area contributed by atoms with E-state index < -0.39 is 10.0 Å². The average Bonchev–Trinajstić information content (AvgIpc) is 3.01. The number of sulfonamides is 1. The molecule has 1 heterocycles. The van der Waals surface area contributed by atoms with Gasteiger partial charge in [0.25, 0.3) is 5.91 Å². The highest BCUT2D eigenvalue weighted by Gasteiger charge is 2.19. The monoisotopic (exact) mass is 445 g/mol. The zero-order chi connectivity index (χ0) is 21.9. The standard InChI is InChI=1S/C21H23N3O4S2/c1-15-19(20(25)22-13-16-7-5-4-6-8-16)29-21(26)24(15)14-17-9-11-18(12-10-17)30(27,28)23(2)3/h4-12H,13-14H2,1-3H3,(H,22,25). The number of hydrogen-bond acceptors (Lipinski definition) is 5. The van der Waals surface area contributed by atoms with Crippen LogP contribution in [0.4, 0.5) is 0 Å². The van der Waals surface area contributed by atoms with Crippen LogP contribution in [0, 0.1) is 6.92 Å². The van der Waals surface area contributed by atoms with Gasteiger partial charge in [-0.3, -0.25) is 14.2 Å². The Morgan fingerprint density at radius 2 is 1.67 bits per heavy atom. The first-order chi connectivity index (χ1) is 14.2. The van der Waals surface area contributed by atoms with Gasteiger partial charge in [-0.2, -0.15) is 0 Å². The number of carbonyl (C=O) groups is 1. The summed E-state index contributed by atoms with van der Waals surface area (Å²) in [5, 5.41) is 2.84. The fraction of sp³-hybridized carbons (Fsp3) is 0.238. The molecule has 0 saturated heterocycles. The van der Waals surface area contributed by atoms with Crippen LogP contribution >= 0.6 is 11.3 Å². The van der Waals surface area contributed by atoms with Gasteiger partial charge in [0, 0.05) is 26.3 Å². The van der Waals surface area contributed by atoms with Crippen LogP contribution in [0.2, 0.25) is 0 Å². The summed E-state index contributed by atoms with van der Waals surface area (Å²) in [4.78, 5) is 25.3. The Hall–Kier alpha value is -2.75. The van der Waals surface area contributed by atoms with Crippen molar-refractivity contribution in [2.45, 2.75) is 24.9 Å². The third kappa shape index (κ3) is 4.69. The Morgan fingerprint density at radius 3 is 2.27 bits per heavy atom. The number of benzene rings is 2. The molecule has 0 aliphatic carbocycles. The lowest BCUT2D eigenvalue weighted by Crippen LogP contribution is -2.23. The molecule has 0 bridgehead atoms. The van der Waals surface area contributed by atoms with Crippen molar-refractivity contribution in [1.29, 1.82) is 0 Å². The number of rotatable bonds is 7. The molecule has 7 nitrogen and oxygen atoms in total. The molecule has 158 valence electrons. The van der Waals surface area contributed by atoms with Gasteiger partial charge in [0.2, 0.25) is 10.0 Å². The van der Waals surface area contributed by atoms with Gasteiger partial charge in [-0.15, -0.1) is 0 Å². The maximum Gasteiger partial charge on any atom is 0.308 e. The Morgan fingerprint density at radius 1 is 1.03 bits per heavy atom. The van der Waals surface area contributed by atoms with E-state index in [1.807, 2.05) is 30.3 Å². The van der Waals surface area contributed by atoms with E-state index in [1.165, 1.54) is 30.8 Å². The van der Waals surface area contributed by atoms with Crippen molar-refractivity contribution in [3.8, 4) is 0 Å². The third-order valence-corrected chi connectivity index (χ3v) is 7.60. The fourth-order valence-electron chi connectivity index (χ4n) is 2.89. The number of aromatic nitrogens is 1. The van der Waals surface area contributed by atoms with Crippen LogP contribution in [-0.4, -0.2) is 37.3 Å². The summed E-state index contributed by atoms with van der Waals surface area (Å²) in [6.07, 6.45) is 0. The number of carbonyl (C=O) groups excluding carboxylic acids is 1. The topological polar surface area (TPSA) is 88.5 Å². The first kappa shape index (κ1) is 21.9. The van der Waals surface area contributed by atoms with Crippen LogP contribution in [-0.2, 0) is 23.1 Å². The first-order valence-corrected chi connectivity index (χ1v) is 11.5. The van der Waals surface area contributed by atoms with Gasteiger partial charge >= 0.3 is 4.87 Å². The van der Waals surface area contributed by atoms with Crippen molar-refractivity contribution in [2.24, 2.45) is 0 Å². The minimum atomic E-state index is -3.51. The largest absolute Gasteiger partial charge is 0.347 e. The highest BCUT2D eigenvalue weighted by molar-refractivity contribution is 7.89. The highest BCUT2D eigenvalue weighted by Crippen LogP contribution is 2.17. The van der Waals surface area contributed by atoms with Crippen LogP contribution in [0.5, 0.6) is 0 Å². The van der Waals surface area contributed by atoms with E-state index in [1.54, 1.807) is 19.1 Å². The molecule has 1 amide bonds. The molecule has 0 radical (unpaired) electrons. The van der Waals surface area contributed by atoms with E-state index in [2.05, 4.69) is 5.32 Å². The van der Waals surface area contributed by atoms with Crippen LogP contribution in [0.15, 0.2) is 64.3 Å². The second kappa shape index (κ2) is 8.95. The first-order valence-electron chi connectivity index (χ1n) is 9.24. The van der Waals surface area contributed by atoms with Crippen LogP contribution < -0.4 is 10.2 Å². The molecule has 3 aromatic rings. The number of nitrogens with zero attached hydrogens (tertiary/aromatic N) is 2. The van der Waals surface area contributed by atoms with Crippen LogP contribution in [0.1, 0.15) is 26.5 Å². The second-order valence-electron chi connectivity index (χ2n) is 6.97. The Balaban J connectivity index is 1.76. The molecule has 2 aromatic carbocycles. The lowest BCUT2D eigenvalue weighted by Gasteiger charge is -2.12. The summed E-state index contributed by atoms with van der Waals surface area (Å²) in [6, 6.07) is 15.9. The molecule has 0 aliphatic heterocycles. The third-order valence-electron chi connectivity index (χ3n) is 4.69. The molecule has 1 aromatic heterocycles. The number of amides is 1. The molecule has 0 spiro atoms. The van der Waals surface area contributed by atoms with Crippen molar-refractivity contribution < 1.29 is 13.2 Å². The van der Waals surface area contributed by atoms with Crippen molar-refractivity contribution in [1.82, 2.24) is 14.2 Å². The molecule has 0 saturated carbocycles. The Labute approximate surface area is 179 Å². The molecular weight excluding hydrogens is 422 g/mol. The predicted molar refractivity (Wildman–Crippen MR) is 117 cm³/mol. The van der Waals surface area contributed by atoms with Gasteiger partial charge in [0.1, 0.15) is 4.88 Å². The molecule has 9 heteroatoms. The van der Waals surface area contributed by atoms with Crippen LogP contribution in [0.25, 0.3) is 0 Å². The maximum absolute atomic E-state index is 12.6. The zero-order valence-electron chi connectivity index (χ0n) is 17.0. The van der Waals surface area contributed by atoms with Crippen molar-refractivity contribution in [3.05, 3.63) is 86.0 Å². The Kier molecular flexibility index (Phi) is 6.55. The lowest BCUT2D eigenvalue weighted by molar-refractivity contribution is 0.0954. The summed E-state index contributed by atoms with van der Waals surface area (Å²) in [6.45, 7) is 2.38. The summed E-state index contributed by atoms with van der Waals surface area (Å²) < 4.78 is 27.0. The van der Waals surface area contributed by atoms with Gasteiger partial charge < -0.3 is 5.32 Å². The van der Waals surface area contributed by atoms with Gasteiger partial charge in [-0.25, -0.2) is 12.7 Å². The van der Waals surface area contributed by atoms with E-state index in [9.17, 15) is 18.0 Å². The van der Waals surface area contributed by atoms with Gasteiger partial charge in [0.15, 0.2) is 0 Å². The number of hydrogen-bond donors (Lipinski definition) is 1. The smallest absolute Gasteiger partial charge is 0.308 e. The molecule has 0 fully saturated rings. The molecule has 1 N–H and O–H groups in total.